The van der Waals surface area contributed by atoms with Crippen molar-refractivity contribution < 1.29 is 13.2 Å². The standard InChI is InChI=1S/C22H26N2O3S/c25-22(23-20-13-8-10-17-9-2-3-11-18(17)20)19-12-4-5-14-21(19)28(26,27)24-15-6-1-7-16-24/h4-5,8,10,12-14H,1-3,6-7,9,11,15-16H2,(H,23,25). The van der Waals surface area contributed by atoms with Crippen molar-refractivity contribution in [3.8, 4) is 0 Å². The first-order valence-corrected chi connectivity index (χ1v) is 11.5. The van der Waals surface area contributed by atoms with Crippen LogP contribution >= 0.6 is 0 Å². The molecule has 1 aliphatic heterocycles. The van der Waals surface area contributed by atoms with E-state index in [1.807, 2.05) is 12.1 Å². The number of amides is 1. The molecule has 6 heteroatoms. The summed E-state index contributed by atoms with van der Waals surface area (Å²) in [7, 11) is -3.67. The lowest BCUT2D eigenvalue weighted by Crippen LogP contribution is -2.36. The lowest BCUT2D eigenvalue weighted by atomic mass is 9.90. The number of benzene rings is 2. The number of nitrogens with one attached hydrogen (secondary N) is 1. The van der Waals surface area contributed by atoms with Crippen LogP contribution in [0, 0.1) is 0 Å². The Bertz CT molecular complexity index is 979. The fourth-order valence-electron chi connectivity index (χ4n) is 4.21. The summed E-state index contributed by atoms with van der Waals surface area (Å²) in [5.74, 6) is -0.366. The van der Waals surface area contributed by atoms with Crippen LogP contribution < -0.4 is 5.32 Å². The molecule has 4 rings (SSSR count). The molecule has 148 valence electrons. The SMILES string of the molecule is O=C(Nc1cccc2c1CCCC2)c1ccccc1S(=O)(=O)N1CCCCC1. The number of hydrogen-bond donors (Lipinski definition) is 1. The number of fused-ring (bicyclic) bond motifs is 1. The first kappa shape index (κ1) is 19.2. The molecule has 1 saturated heterocycles. The van der Waals surface area contributed by atoms with Crippen LogP contribution in [0.1, 0.15) is 53.6 Å². The van der Waals surface area contributed by atoms with Gasteiger partial charge in [0.25, 0.3) is 5.91 Å². The third-order valence-electron chi connectivity index (χ3n) is 5.71. The molecule has 2 aromatic rings. The molecule has 1 fully saturated rings. The number of aryl methyl sites for hydroxylation is 1. The summed E-state index contributed by atoms with van der Waals surface area (Å²) < 4.78 is 27.8. The van der Waals surface area contributed by atoms with Gasteiger partial charge in [0, 0.05) is 18.8 Å². The van der Waals surface area contributed by atoms with Crippen molar-refractivity contribution in [3.05, 3.63) is 59.2 Å². The third-order valence-corrected chi connectivity index (χ3v) is 7.67. The van der Waals surface area contributed by atoms with Crippen molar-refractivity contribution >= 4 is 21.6 Å². The molecule has 1 aliphatic carbocycles. The molecule has 0 atom stereocenters. The summed E-state index contributed by atoms with van der Waals surface area (Å²) in [6.45, 7) is 1.04. The summed E-state index contributed by atoms with van der Waals surface area (Å²) in [6.07, 6.45) is 7.03. The Kier molecular flexibility index (Phi) is 5.51. The molecule has 0 unspecified atom stereocenters. The maximum absolute atomic E-state index is 13.1. The minimum Gasteiger partial charge on any atom is -0.322 e. The molecule has 1 amide bonds. The maximum atomic E-state index is 13.1. The van der Waals surface area contributed by atoms with E-state index in [-0.39, 0.29) is 16.4 Å². The predicted octanol–water partition coefficient (Wildman–Crippen LogP) is 3.99. The number of carbonyl (C=O) groups is 1. The van der Waals surface area contributed by atoms with E-state index in [2.05, 4.69) is 11.4 Å². The summed E-state index contributed by atoms with van der Waals surface area (Å²) in [5, 5.41) is 2.98. The highest BCUT2D eigenvalue weighted by Gasteiger charge is 2.30. The van der Waals surface area contributed by atoms with Gasteiger partial charge in [-0.3, -0.25) is 4.79 Å². The van der Waals surface area contributed by atoms with E-state index in [9.17, 15) is 13.2 Å². The summed E-state index contributed by atoms with van der Waals surface area (Å²) in [6, 6.07) is 12.5. The molecule has 0 radical (unpaired) electrons. The highest BCUT2D eigenvalue weighted by Crippen LogP contribution is 2.29. The van der Waals surface area contributed by atoms with Crippen molar-refractivity contribution in [2.24, 2.45) is 0 Å². The number of hydrogen-bond acceptors (Lipinski definition) is 3. The minimum atomic E-state index is -3.67. The average molecular weight is 399 g/mol. The van der Waals surface area contributed by atoms with E-state index < -0.39 is 10.0 Å². The molecule has 1 N–H and O–H groups in total. The van der Waals surface area contributed by atoms with Crippen molar-refractivity contribution in [1.29, 1.82) is 0 Å². The van der Waals surface area contributed by atoms with E-state index in [1.54, 1.807) is 24.3 Å². The second-order valence-electron chi connectivity index (χ2n) is 7.57. The highest BCUT2D eigenvalue weighted by atomic mass is 32.2. The smallest absolute Gasteiger partial charge is 0.257 e. The second-order valence-corrected chi connectivity index (χ2v) is 9.47. The molecule has 0 saturated carbocycles. The molecule has 2 aromatic carbocycles. The minimum absolute atomic E-state index is 0.0965. The molecular formula is C22H26N2O3S. The van der Waals surface area contributed by atoms with Crippen LogP contribution in [0.25, 0.3) is 0 Å². The second kappa shape index (κ2) is 8.05. The van der Waals surface area contributed by atoms with Gasteiger partial charge in [-0.25, -0.2) is 8.42 Å². The molecule has 0 aromatic heterocycles. The van der Waals surface area contributed by atoms with Crippen LogP contribution in [0.4, 0.5) is 5.69 Å². The van der Waals surface area contributed by atoms with Crippen molar-refractivity contribution in [3.63, 3.8) is 0 Å². The van der Waals surface area contributed by atoms with Crippen LogP contribution in [0.2, 0.25) is 0 Å². The molecular weight excluding hydrogens is 372 g/mol. The number of nitrogens with zero attached hydrogens (tertiary/aromatic N) is 1. The molecule has 2 aliphatic rings. The molecule has 5 nitrogen and oxygen atoms in total. The van der Waals surface area contributed by atoms with Gasteiger partial charge in [-0.05, 0) is 67.9 Å². The zero-order valence-corrected chi connectivity index (χ0v) is 16.8. The number of sulfonamides is 1. The lowest BCUT2D eigenvalue weighted by molar-refractivity contribution is 0.102. The molecule has 0 bridgehead atoms. The largest absolute Gasteiger partial charge is 0.322 e. The Labute approximate surface area is 166 Å². The van der Waals surface area contributed by atoms with Gasteiger partial charge in [0.1, 0.15) is 0 Å². The van der Waals surface area contributed by atoms with Gasteiger partial charge in [-0.1, -0.05) is 30.7 Å². The maximum Gasteiger partial charge on any atom is 0.257 e. The summed E-state index contributed by atoms with van der Waals surface area (Å²) in [5.41, 5.74) is 3.46. The summed E-state index contributed by atoms with van der Waals surface area (Å²) >= 11 is 0. The van der Waals surface area contributed by atoms with Crippen LogP contribution in [-0.4, -0.2) is 31.7 Å². The average Bonchev–Trinajstić information content (AvgIpc) is 2.74. The fraction of sp³-hybridized carbons (Fsp3) is 0.409. The molecule has 28 heavy (non-hydrogen) atoms. The number of rotatable bonds is 4. The zero-order valence-electron chi connectivity index (χ0n) is 16.0. The van der Waals surface area contributed by atoms with Crippen LogP contribution in [-0.2, 0) is 22.9 Å². The topological polar surface area (TPSA) is 66.5 Å². The number of carbonyl (C=O) groups excluding carboxylic acids is 1. The van der Waals surface area contributed by atoms with Gasteiger partial charge in [0.05, 0.1) is 10.5 Å². The normalized spacial score (nSPS) is 17.7. The molecule has 1 heterocycles. The van der Waals surface area contributed by atoms with Gasteiger partial charge in [0.15, 0.2) is 0 Å². The van der Waals surface area contributed by atoms with Gasteiger partial charge in [0.2, 0.25) is 10.0 Å². The zero-order chi connectivity index (χ0) is 19.6. The van der Waals surface area contributed by atoms with Gasteiger partial charge in [-0.2, -0.15) is 4.31 Å². The Balaban J connectivity index is 1.65. The van der Waals surface area contributed by atoms with Gasteiger partial charge >= 0.3 is 0 Å². The fourth-order valence-corrected chi connectivity index (χ4v) is 5.92. The Hall–Kier alpha value is -2.18. The van der Waals surface area contributed by atoms with E-state index in [0.29, 0.717) is 13.1 Å². The van der Waals surface area contributed by atoms with Crippen molar-refractivity contribution in [2.75, 3.05) is 18.4 Å². The summed E-state index contributed by atoms with van der Waals surface area (Å²) in [4.78, 5) is 13.2. The Morgan fingerprint density at radius 1 is 0.857 bits per heavy atom. The quantitative estimate of drug-likeness (QED) is 0.847. The van der Waals surface area contributed by atoms with E-state index >= 15 is 0 Å². The van der Waals surface area contributed by atoms with E-state index in [0.717, 1.165) is 44.2 Å². The monoisotopic (exact) mass is 398 g/mol. The highest BCUT2D eigenvalue weighted by molar-refractivity contribution is 7.89. The van der Waals surface area contributed by atoms with Crippen LogP contribution in [0.5, 0.6) is 0 Å². The van der Waals surface area contributed by atoms with Crippen LogP contribution in [0.3, 0.4) is 0 Å². The number of anilines is 1. The Morgan fingerprint density at radius 3 is 2.43 bits per heavy atom. The van der Waals surface area contributed by atoms with Crippen molar-refractivity contribution in [2.45, 2.75) is 49.8 Å². The first-order chi connectivity index (χ1) is 13.6. The van der Waals surface area contributed by atoms with Crippen LogP contribution in [0.15, 0.2) is 47.4 Å². The van der Waals surface area contributed by atoms with Gasteiger partial charge in [-0.15, -0.1) is 0 Å². The number of piperidine rings is 1. The Morgan fingerprint density at radius 2 is 1.61 bits per heavy atom. The first-order valence-electron chi connectivity index (χ1n) is 10.1. The van der Waals surface area contributed by atoms with Crippen molar-refractivity contribution in [1.82, 2.24) is 4.31 Å². The lowest BCUT2D eigenvalue weighted by Gasteiger charge is -2.26. The molecule has 0 spiro atoms. The van der Waals surface area contributed by atoms with E-state index in [4.69, 9.17) is 0 Å². The van der Waals surface area contributed by atoms with Gasteiger partial charge < -0.3 is 5.32 Å². The third kappa shape index (κ3) is 3.71. The predicted molar refractivity (Wildman–Crippen MR) is 110 cm³/mol. The van der Waals surface area contributed by atoms with E-state index in [1.165, 1.54) is 21.9 Å².